The molecule has 0 bridgehead atoms. The lowest BCUT2D eigenvalue weighted by molar-refractivity contribution is 0.538. The molecule has 0 aliphatic heterocycles. The average Bonchev–Trinajstić information content (AvgIpc) is 2.86. The highest BCUT2D eigenvalue weighted by molar-refractivity contribution is 4.89. The smallest absolute Gasteiger partial charge is 0.328 e. The third-order valence-corrected chi connectivity index (χ3v) is 2.89. The maximum absolute atomic E-state index is 11.9. The predicted molar refractivity (Wildman–Crippen MR) is 65.9 cm³/mol. The van der Waals surface area contributed by atoms with Gasteiger partial charge in [0.1, 0.15) is 5.82 Å². The van der Waals surface area contributed by atoms with Crippen molar-refractivity contribution in [2.75, 3.05) is 0 Å². The molecule has 2 aromatic rings. The number of hydrogen-bond acceptors (Lipinski definition) is 2. The molecule has 0 atom stereocenters. The lowest BCUT2D eigenvalue weighted by atomic mass is 10.5. The summed E-state index contributed by atoms with van der Waals surface area (Å²) in [5.41, 5.74) is 0.0737. The highest BCUT2D eigenvalue weighted by Crippen LogP contribution is 1.96. The molecule has 0 amide bonds. The van der Waals surface area contributed by atoms with Crippen LogP contribution in [0.25, 0.3) is 0 Å². The zero-order valence-electron chi connectivity index (χ0n) is 10.3. The van der Waals surface area contributed by atoms with Gasteiger partial charge in [0.2, 0.25) is 0 Å². The van der Waals surface area contributed by atoms with Gasteiger partial charge in [-0.15, -0.1) is 0 Å². The first-order valence-electron chi connectivity index (χ1n) is 5.95. The second-order valence-corrected chi connectivity index (χ2v) is 4.14. The van der Waals surface area contributed by atoms with E-state index in [4.69, 9.17) is 0 Å². The minimum absolute atomic E-state index is 0.0737. The van der Waals surface area contributed by atoms with Crippen molar-refractivity contribution < 1.29 is 0 Å². The summed E-state index contributed by atoms with van der Waals surface area (Å²) < 4.78 is 5.54. The summed E-state index contributed by atoms with van der Waals surface area (Å²) >= 11 is 0. The van der Waals surface area contributed by atoms with Crippen LogP contribution in [-0.2, 0) is 19.6 Å². The van der Waals surface area contributed by atoms with Gasteiger partial charge in [0.05, 0.1) is 0 Å². The molecule has 0 N–H and O–H groups in total. The van der Waals surface area contributed by atoms with E-state index in [1.54, 1.807) is 15.3 Å². The zero-order chi connectivity index (χ0) is 12.3. The van der Waals surface area contributed by atoms with Gasteiger partial charge in [-0.2, -0.15) is 0 Å². The van der Waals surface area contributed by atoms with E-state index in [9.17, 15) is 4.79 Å². The fourth-order valence-electron chi connectivity index (χ4n) is 1.89. The molecule has 0 aliphatic rings. The monoisotopic (exact) mass is 234 g/mol. The maximum Gasteiger partial charge on any atom is 0.328 e. The molecule has 2 heterocycles. The van der Waals surface area contributed by atoms with E-state index >= 15 is 0 Å². The Morgan fingerprint density at radius 2 is 1.71 bits per heavy atom. The third kappa shape index (κ3) is 2.49. The van der Waals surface area contributed by atoms with E-state index in [0.29, 0.717) is 6.54 Å². The van der Waals surface area contributed by atoms with E-state index in [1.165, 1.54) is 0 Å². The summed E-state index contributed by atoms with van der Waals surface area (Å²) in [5.74, 6) is 0.978. The van der Waals surface area contributed by atoms with Gasteiger partial charge in [-0.3, -0.25) is 9.13 Å². The van der Waals surface area contributed by atoms with Crippen LogP contribution in [0.1, 0.15) is 19.2 Å². The number of aromatic nitrogens is 4. The van der Waals surface area contributed by atoms with Crippen LogP contribution in [0.15, 0.2) is 29.6 Å². The van der Waals surface area contributed by atoms with Crippen LogP contribution in [-0.4, -0.2) is 18.7 Å². The fraction of sp³-hybridized carbons (Fsp3) is 0.500. The Labute approximate surface area is 100 Å². The van der Waals surface area contributed by atoms with Crippen LogP contribution in [0.3, 0.4) is 0 Å². The Kier molecular flexibility index (Phi) is 3.46. The fourth-order valence-corrected chi connectivity index (χ4v) is 1.89. The van der Waals surface area contributed by atoms with Crippen molar-refractivity contribution >= 4 is 0 Å². The number of nitrogens with zero attached hydrogens (tertiary/aromatic N) is 4. The molecule has 0 saturated carbocycles. The second kappa shape index (κ2) is 5.03. The number of aryl methyl sites for hydroxylation is 4. The van der Waals surface area contributed by atoms with Crippen LogP contribution >= 0.6 is 0 Å². The van der Waals surface area contributed by atoms with Gasteiger partial charge >= 0.3 is 5.69 Å². The van der Waals surface area contributed by atoms with Crippen LogP contribution in [0.5, 0.6) is 0 Å². The molecule has 0 saturated heterocycles. The van der Waals surface area contributed by atoms with Crippen molar-refractivity contribution in [3.63, 3.8) is 0 Å². The molecule has 92 valence electrons. The third-order valence-electron chi connectivity index (χ3n) is 2.89. The molecule has 0 fully saturated rings. The average molecular weight is 234 g/mol. The summed E-state index contributed by atoms with van der Waals surface area (Å²) in [6.45, 7) is 6.29. The molecule has 2 aromatic heterocycles. The Hall–Kier alpha value is -1.78. The highest BCUT2D eigenvalue weighted by atomic mass is 16.1. The largest absolute Gasteiger partial charge is 0.333 e. The van der Waals surface area contributed by atoms with Crippen molar-refractivity contribution in [1.29, 1.82) is 0 Å². The molecule has 0 aromatic carbocycles. The predicted octanol–water partition coefficient (Wildman–Crippen LogP) is 1.26. The lowest BCUT2D eigenvalue weighted by Crippen LogP contribution is -2.25. The van der Waals surface area contributed by atoms with Gasteiger partial charge < -0.3 is 4.57 Å². The topological polar surface area (TPSA) is 44.8 Å². The van der Waals surface area contributed by atoms with Crippen molar-refractivity contribution in [2.24, 2.45) is 0 Å². The van der Waals surface area contributed by atoms with Crippen LogP contribution in [0.2, 0.25) is 0 Å². The van der Waals surface area contributed by atoms with Crippen LogP contribution in [0.4, 0.5) is 0 Å². The lowest BCUT2D eigenvalue weighted by Gasteiger charge is -2.05. The first-order valence-corrected chi connectivity index (χ1v) is 5.95. The first-order chi connectivity index (χ1) is 8.22. The van der Waals surface area contributed by atoms with Crippen LogP contribution < -0.4 is 5.69 Å². The Morgan fingerprint density at radius 3 is 2.29 bits per heavy atom. The van der Waals surface area contributed by atoms with Crippen molar-refractivity contribution in [3.8, 4) is 0 Å². The van der Waals surface area contributed by atoms with E-state index in [-0.39, 0.29) is 5.69 Å². The summed E-state index contributed by atoms with van der Waals surface area (Å²) in [5, 5.41) is 0. The molecule has 2 rings (SSSR count). The standard InChI is InChI=1S/C12H18N4O/c1-3-5-15-9-10-16(12(15)17)8-7-14-6-4-13-11(14)2/h4,6,9-10H,3,5,7-8H2,1-2H3. The molecule has 0 unspecified atom stereocenters. The molecule has 0 aliphatic carbocycles. The van der Waals surface area contributed by atoms with Gasteiger partial charge in [0.15, 0.2) is 0 Å². The number of hydrogen-bond donors (Lipinski definition) is 0. The van der Waals surface area contributed by atoms with E-state index < -0.39 is 0 Å². The Morgan fingerprint density at radius 1 is 1.06 bits per heavy atom. The zero-order valence-corrected chi connectivity index (χ0v) is 10.3. The van der Waals surface area contributed by atoms with Crippen molar-refractivity contribution in [1.82, 2.24) is 18.7 Å². The molecule has 17 heavy (non-hydrogen) atoms. The first kappa shape index (κ1) is 11.7. The minimum Gasteiger partial charge on any atom is -0.333 e. The second-order valence-electron chi connectivity index (χ2n) is 4.14. The van der Waals surface area contributed by atoms with E-state index in [1.807, 2.05) is 30.1 Å². The van der Waals surface area contributed by atoms with E-state index in [2.05, 4.69) is 11.9 Å². The number of rotatable bonds is 5. The summed E-state index contributed by atoms with van der Waals surface area (Å²) in [7, 11) is 0. The quantitative estimate of drug-likeness (QED) is 0.782. The normalized spacial score (nSPS) is 10.9. The molecule has 5 heteroatoms. The van der Waals surface area contributed by atoms with Gasteiger partial charge in [-0.1, -0.05) is 6.92 Å². The molecular weight excluding hydrogens is 216 g/mol. The summed E-state index contributed by atoms with van der Waals surface area (Å²) in [4.78, 5) is 16.1. The van der Waals surface area contributed by atoms with Gasteiger partial charge in [0, 0.05) is 44.4 Å². The molecule has 0 radical (unpaired) electrons. The molecule has 5 nitrogen and oxygen atoms in total. The van der Waals surface area contributed by atoms with E-state index in [0.717, 1.165) is 25.3 Å². The van der Waals surface area contributed by atoms with Gasteiger partial charge in [-0.05, 0) is 13.3 Å². The SMILES string of the molecule is CCCn1ccn(CCn2ccnc2C)c1=O. The van der Waals surface area contributed by atoms with Gasteiger partial charge in [-0.25, -0.2) is 9.78 Å². The maximum atomic E-state index is 11.9. The van der Waals surface area contributed by atoms with Gasteiger partial charge in [0.25, 0.3) is 0 Å². The van der Waals surface area contributed by atoms with Crippen LogP contribution in [0, 0.1) is 6.92 Å². The van der Waals surface area contributed by atoms with Crippen molar-refractivity contribution in [3.05, 3.63) is 41.1 Å². The summed E-state index contributed by atoms with van der Waals surface area (Å²) in [6, 6.07) is 0. The Bertz CT molecular complexity index is 535. The highest BCUT2D eigenvalue weighted by Gasteiger charge is 2.03. The Balaban J connectivity index is 2.05. The summed E-state index contributed by atoms with van der Waals surface area (Å²) in [6.07, 6.45) is 8.39. The molecular formula is C12H18N4O. The number of imidazole rings is 2. The van der Waals surface area contributed by atoms with Crippen molar-refractivity contribution in [2.45, 2.75) is 39.9 Å². The minimum atomic E-state index is 0.0737. The molecule has 0 spiro atoms.